The number of fused-ring (bicyclic) bond motifs is 1. The number of rotatable bonds is 10. The Balaban J connectivity index is 1.46. The van der Waals surface area contributed by atoms with Gasteiger partial charge in [0, 0.05) is 29.6 Å². The minimum Gasteiger partial charge on any atom is -0.492 e. The maximum Gasteiger partial charge on any atom is 0.214 e. The van der Waals surface area contributed by atoms with Crippen LogP contribution in [0, 0.1) is 0 Å². The van der Waals surface area contributed by atoms with E-state index in [0.717, 1.165) is 42.9 Å². The summed E-state index contributed by atoms with van der Waals surface area (Å²) in [4.78, 5) is 0. The largest absolute Gasteiger partial charge is 0.492 e. The fourth-order valence-electron chi connectivity index (χ4n) is 4.71. The third-order valence-electron chi connectivity index (χ3n) is 6.48. The van der Waals surface area contributed by atoms with E-state index in [4.69, 9.17) is 22.1 Å². The van der Waals surface area contributed by atoms with Crippen molar-refractivity contribution in [1.82, 2.24) is 4.31 Å². The molecule has 0 aromatic heterocycles. The first kappa shape index (κ1) is 23.6. The zero-order valence-electron chi connectivity index (χ0n) is 18.7. The van der Waals surface area contributed by atoms with Gasteiger partial charge in [0.05, 0.1) is 5.75 Å². The van der Waals surface area contributed by atoms with Crippen molar-refractivity contribution in [2.45, 2.75) is 63.5 Å². The molecule has 7 heteroatoms. The lowest BCUT2D eigenvalue weighted by molar-refractivity contribution is 0.268. The first-order valence-corrected chi connectivity index (χ1v) is 13.6. The molecule has 0 aliphatic heterocycles. The summed E-state index contributed by atoms with van der Waals surface area (Å²) in [5, 5.41) is 0.738. The molecule has 0 radical (unpaired) electrons. The topological polar surface area (TPSA) is 72.6 Å². The van der Waals surface area contributed by atoms with E-state index in [-0.39, 0.29) is 23.8 Å². The third kappa shape index (κ3) is 5.66. The zero-order chi connectivity index (χ0) is 22.7. The van der Waals surface area contributed by atoms with Crippen LogP contribution < -0.4 is 10.5 Å². The lowest BCUT2D eigenvalue weighted by Gasteiger charge is -2.32. The van der Waals surface area contributed by atoms with Gasteiger partial charge in [0.25, 0.3) is 0 Å². The van der Waals surface area contributed by atoms with E-state index in [9.17, 15) is 8.42 Å². The molecule has 5 nitrogen and oxygen atoms in total. The van der Waals surface area contributed by atoms with Gasteiger partial charge in [-0.3, -0.25) is 0 Å². The molecule has 2 aromatic carbocycles. The van der Waals surface area contributed by atoms with Crippen molar-refractivity contribution in [2.75, 3.05) is 18.9 Å². The van der Waals surface area contributed by atoms with E-state index in [1.165, 1.54) is 16.7 Å². The molecule has 2 N–H and O–H groups in total. The minimum absolute atomic E-state index is 0.0845. The highest BCUT2D eigenvalue weighted by atomic mass is 35.5. The van der Waals surface area contributed by atoms with Crippen LogP contribution in [0.15, 0.2) is 42.5 Å². The fraction of sp³-hybridized carbons (Fsp3) is 0.520. The van der Waals surface area contributed by atoms with Crippen LogP contribution in [0.3, 0.4) is 0 Å². The molecule has 1 fully saturated rings. The first-order valence-electron chi connectivity index (χ1n) is 11.6. The predicted molar refractivity (Wildman–Crippen MR) is 130 cm³/mol. The number of nitrogens with two attached hydrogens (primary N) is 1. The van der Waals surface area contributed by atoms with Gasteiger partial charge < -0.3 is 10.5 Å². The molecule has 0 saturated heterocycles. The summed E-state index contributed by atoms with van der Waals surface area (Å²) in [6.45, 7) is 2.65. The number of ether oxygens (including phenoxy) is 1. The number of nitrogens with zero attached hydrogens (tertiary/aromatic N) is 1. The lowest BCUT2D eigenvalue weighted by atomic mass is 9.76. The van der Waals surface area contributed by atoms with Gasteiger partial charge in [-0.2, -0.15) is 4.31 Å². The van der Waals surface area contributed by atoms with Crippen molar-refractivity contribution < 1.29 is 13.2 Å². The van der Waals surface area contributed by atoms with Gasteiger partial charge >= 0.3 is 0 Å². The van der Waals surface area contributed by atoms with Gasteiger partial charge in [-0.05, 0) is 79.5 Å². The first-order chi connectivity index (χ1) is 15.4. The predicted octanol–water partition coefficient (Wildman–Crippen LogP) is 4.52. The van der Waals surface area contributed by atoms with E-state index in [2.05, 4.69) is 18.2 Å². The average molecular weight is 477 g/mol. The van der Waals surface area contributed by atoms with Gasteiger partial charge in [0.1, 0.15) is 12.4 Å². The maximum absolute atomic E-state index is 12.6. The maximum atomic E-state index is 12.6. The van der Waals surface area contributed by atoms with E-state index in [0.29, 0.717) is 19.6 Å². The monoisotopic (exact) mass is 476 g/mol. The summed E-state index contributed by atoms with van der Waals surface area (Å²) >= 11 is 6.19. The van der Waals surface area contributed by atoms with Gasteiger partial charge in [-0.15, -0.1) is 0 Å². The number of halogens is 1. The summed E-state index contributed by atoms with van der Waals surface area (Å²) < 4.78 is 32.8. The van der Waals surface area contributed by atoms with Gasteiger partial charge in [-0.1, -0.05) is 36.7 Å². The quantitative estimate of drug-likeness (QED) is 0.547. The van der Waals surface area contributed by atoms with Crippen molar-refractivity contribution in [2.24, 2.45) is 5.73 Å². The lowest BCUT2D eigenvalue weighted by Crippen LogP contribution is -2.38. The SMILES string of the molecule is CCCS(=O)(=O)N(CCOc1ccc2c(c1)C(Cc1cccc(Cl)c1)C(N)CC2)C1CC1. The zero-order valence-corrected chi connectivity index (χ0v) is 20.2. The molecule has 2 aliphatic carbocycles. The molecule has 4 rings (SSSR count). The standard InChI is InChI=1S/C25H33ClN2O3S/c1-2-14-32(29,30)28(21-8-9-21)12-13-31-22-10-6-19-7-11-25(27)24(23(19)17-22)16-18-4-3-5-20(26)15-18/h3-6,10,15,17,21,24-25H,2,7-9,11-14,16,27H2,1H3. The van der Waals surface area contributed by atoms with Crippen LogP contribution in [0.2, 0.25) is 5.02 Å². The normalized spacial score (nSPS) is 20.9. The molecule has 32 heavy (non-hydrogen) atoms. The molecule has 2 aliphatic rings. The van der Waals surface area contributed by atoms with Crippen LogP contribution in [0.5, 0.6) is 5.75 Å². The molecule has 2 aromatic rings. The summed E-state index contributed by atoms with van der Waals surface area (Å²) in [5.41, 5.74) is 10.3. The Morgan fingerprint density at radius 2 is 1.97 bits per heavy atom. The van der Waals surface area contributed by atoms with Gasteiger partial charge in [0.2, 0.25) is 10.0 Å². The van der Waals surface area contributed by atoms with Crippen molar-refractivity contribution in [3.63, 3.8) is 0 Å². The molecular weight excluding hydrogens is 444 g/mol. The van der Waals surface area contributed by atoms with Crippen LogP contribution in [0.1, 0.15) is 55.2 Å². The van der Waals surface area contributed by atoms with Gasteiger partial charge in [0.15, 0.2) is 0 Å². The summed E-state index contributed by atoms with van der Waals surface area (Å²) in [7, 11) is -3.21. The van der Waals surface area contributed by atoms with E-state index < -0.39 is 10.0 Å². The molecule has 2 unspecified atom stereocenters. The van der Waals surface area contributed by atoms with Gasteiger partial charge in [-0.25, -0.2) is 8.42 Å². The smallest absolute Gasteiger partial charge is 0.214 e. The Labute approximate surface area is 196 Å². The van der Waals surface area contributed by atoms with Crippen LogP contribution in [0.4, 0.5) is 0 Å². The number of hydrogen-bond acceptors (Lipinski definition) is 4. The van der Waals surface area contributed by atoms with Crippen molar-refractivity contribution in [3.05, 3.63) is 64.2 Å². The summed E-state index contributed by atoms with van der Waals surface area (Å²) in [6, 6.07) is 14.4. The molecule has 0 bridgehead atoms. The second-order valence-electron chi connectivity index (χ2n) is 9.01. The Morgan fingerprint density at radius 1 is 1.16 bits per heavy atom. The van der Waals surface area contributed by atoms with Crippen LogP contribution in [0.25, 0.3) is 0 Å². The number of benzene rings is 2. The second kappa shape index (κ2) is 10.1. The molecular formula is C25H33ClN2O3S. The third-order valence-corrected chi connectivity index (χ3v) is 8.83. The number of hydrogen-bond donors (Lipinski definition) is 1. The average Bonchev–Trinajstić information content (AvgIpc) is 3.58. The Hall–Kier alpha value is -1.60. The minimum atomic E-state index is -3.21. The summed E-state index contributed by atoms with van der Waals surface area (Å²) in [6.07, 6.45) is 5.29. The van der Waals surface area contributed by atoms with Crippen molar-refractivity contribution >= 4 is 21.6 Å². The molecule has 2 atom stereocenters. The Bertz CT molecular complexity index is 1040. The number of sulfonamides is 1. The Morgan fingerprint density at radius 3 is 2.69 bits per heavy atom. The van der Waals surface area contributed by atoms with Crippen LogP contribution >= 0.6 is 11.6 Å². The summed E-state index contributed by atoms with van der Waals surface area (Å²) in [5.74, 6) is 1.18. The fourth-order valence-corrected chi connectivity index (χ4v) is 6.69. The molecule has 0 heterocycles. The highest BCUT2D eigenvalue weighted by Gasteiger charge is 2.36. The molecule has 1 saturated carbocycles. The van der Waals surface area contributed by atoms with Crippen molar-refractivity contribution in [3.8, 4) is 5.75 Å². The molecule has 174 valence electrons. The van der Waals surface area contributed by atoms with Crippen LogP contribution in [-0.4, -0.2) is 43.7 Å². The molecule has 0 amide bonds. The Kier molecular flexibility index (Phi) is 7.45. The van der Waals surface area contributed by atoms with Crippen LogP contribution in [-0.2, 0) is 22.9 Å². The van der Waals surface area contributed by atoms with E-state index in [1.807, 2.05) is 31.2 Å². The second-order valence-corrected chi connectivity index (χ2v) is 11.5. The highest BCUT2D eigenvalue weighted by Crippen LogP contribution is 2.36. The molecule has 0 spiro atoms. The van der Waals surface area contributed by atoms with Crippen molar-refractivity contribution in [1.29, 1.82) is 0 Å². The van der Waals surface area contributed by atoms with E-state index in [1.54, 1.807) is 4.31 Å². The highest BCUT2D eigenvalue weighted by molar-refractivity contribution is 7.89. The number of aryl methyl sites for hydroxylation is 1. The van der Waals surface area contributed by atoms with E-state index >= 15 is 0 Å².